The summed E-state index contributed by atoms with van der Waals surface area (Å²) in [5.74, 6) is -1.33. The fraction of sp³-hybridized carbons (Fsp3) is 0.800. The lowest BCUT2D eigenvalue weighted by atomic mass is 10.3. The van der Waals surface area contributed by atoms with Gasteiger partial charge in [-0.3, -0.25) is 0 Å². The number of aliphatic hydroxyl groups excluding tert-OH is 1. The van der Waals surface area contributed by atoms with Crippen molar-refractivity contribution in [2.75, 3.05) is 13.1 Å². The van der Waals surface area contributed by atoms with Crippen LogP contribution in [0.15, 0.2) is 0 Å². The molecule has 0 bridgehead atoms. The Hall–Kier alpha value is -1.30. The molecule has 0 aromatic heterocycles. The molecule has 1 fully saturated rings. The Balaban J connectivity index is 2.34. The molecule has 0 heterocycles. The smallest absolute Gasteiger partial charge is 0.334 e. The number of aliphatic carboxylic acids is 1. The van der Waals surface area contributed by atoms with Crippen LogP contribution in [-0.4, -0.2) is 52.3 Å². The maximum atomic E-state index is 11.7. The third-order valence-electron chi connectivity index (χ3n) is 2.44. The van der Waals surface area contributed by atoms with Gasteiger partial charge in [-0.05, 0) is 19.3 Å². The number of urea groups is 1. The van der Waals surface area contributed by atoms with Crippen LogP contribution in [0.4, 0.5) is 4.79 Å². The van der Waals surface area contributed by atoms with Crippen LogP contribution in [0.2, 0.25) is 0 Å². The quantitative estimate of drug-likeness (QED) is 0.600. The van der Waals surface area contributed by atoms with E-state index in [2.05, 4.69) is 5.32 Å². The Kier molecular flexibility index (Phi) is 4.54. The van der Waals surface area contributed by atoms with Crippen LogP contribution in [0.3, 0.4) is 0 Å². The fourth-order valence-electron chi connectivity index (χ4n) is 1.45. The van der Waals surface area contributed by atoms with Crippen molar-refractivity contribution in [2.24, 2.45) is 0 Å². The third-order valence-corrected chi connectivity index (χ3v) is 2.44. The highest BCUT2D eigenvalue weighted by Gasteiger charge is 2.32. The van der Waals surface area contributed by atoms with Gasteiger partial charge in [-0.1, -0.05) is 6.92 Å². The molecule has 0 spiro atoms. The highest BCUT2D eigenvalue weighted by Crippen LogP contribution is 2.26. The van der Waals surface area contributed by atoms with Gasteiger partial charge in [-0.15, -0.1) is 0 Å². The SMILES string of the molecule is CCCN(C(=O)NCC(O)C(=O)O)C1CC1. The molecule has 1 aliphatic rings. The number of nitrogens with one attached hydrogen (secondary N) is 1. The first kappa shape index (κ1) is 12.8. The van der Waals surface area contributed by atoms with Gasteiger partial charge in [0.25, 0.3) is 0 Å². The zero-order valence-electron chi connectivity index (χ0n) is 9.35. The highest BCUT2D eigenvalue weighted by atomic mass is 16.4. The predicted octanol–water partition coefficient (Wildman–Crippen LogP) is 0.0159. The molecule has 1 saturated carbocycles. The van der Waals surface area contributed by atoms with Gasteiger partial charge in [-0.2, -0.15) is 0 Å². The van der Waals surface area contributed by atoms with Gasteiger partial charge in [0.15, 0.2) is 6.10 Å². The summed E-state index contributed by atoms with van der Waals surface area (Å²) in [6.07, 6.45) is 1.35. The number of amides is 2. The molecule has 6 heteroatoms. The Labute approximate surface area is 94.2 Å². The predicted molar refractivity (Wildman–Crippen MR) is 57.1 cm³/mol. The van der Waals surface area contributed by atoms with Crippen molar-refractivity contribution in [3.05, 3.63) is 0 Å². The van der Waals surface area contributed by atoms with E-state index in [0.29, 0.717) is 12.6 Å². The van der Waals surface area contributed by atoms with Crippen molar-refractivity contribution in [2.45, 2.75) is 38.3 Å². The lowest BCUT2D eigenvalue weighted by Gasteiger charge is -2.22. The summed E-state index contributed by atoms with van der Waals surface area (Å²) in [4.78, 5) is 23.7. The highest BCUT2D eigenvalue weighted by molar-refractivity contribution is 5.77. The van der Waals surface area contributed by atoms with Crippen LogP contribution in [-0.2, 0) is 4.79 Å². The van der Waals surface area contributed by atoms with Gasteiger partial charge in [0.1, 0.15) is 0 Å². The van der Waals surface area contributed by atoms with Crippen molar-refractivity contribution >= 4 is 12.0 Å². The van der Waals surface area contributed by atoms with E-state index in [0.717, 1.165) is 19.3 Å². The molecule has 1 atom stereocenters. The minimum atomic E-state index is -1.54. The number of rotatable bonds is 6. The topological polar surface area (TPSA) is 89.9 Å². The second-order valence-corrected chi connectivity index (χ2v) is 3.96. The molecular formula is C10H18N2O4. The Morgan fingerprint density at radius 3 is 2.56 bits per heavy atom. The summed E-state index contributed by atoms with van der Waals surface area (Å²) in [6.45, 7) is 2.40. The molecule has 0 saturated heterocycles. The first-order chi connectivity index (χ1) is 7.56. The first-order valence-corrected chi connectivity index (χ1v) is 5.51. The molecule has 92 valence electrons. The summed E-state index contributed by atoms with van der Waals surface area (Å²) in [5, 5.41) is 19.9. The normalized spacial score (nSPS) is 16.6. The van der Waals surface area contributed by atoms with Crippen molar-refractivity contribution in [3.8, 4) is 0 Å². The van der Waals surface area contributed by atoms with Crippen LogP contribution in [0.1, 0.15) is 26.2 Å². The summed E-state index contributed by atoms with van der Waals surface area (Å²) in [7, 11) is 0. The zero-order valence-corrected chi connectivity index (χ0v) is 9.35. The summed E-state index contributed by atoms with van der Waals surface area (Å²) in [6, 6.07) is 0.00608. The monoisotopic (exact) mass is 230 g/mol. The summed E-state index contributed by atoms with van der Waals surface area (Å²) >= 11 is 0. The second kappa shape index (κ2) is 5.69. The molecule has 0 aromatic rings. The zero-order chi connectivity index (χ0) is 12.1. The summed E-state index contributed by atoms with van der Waals surface area (Å²) in [5.41, 5.74) is 0. The number of carboxylic acids is 1. The van der Waals surface area contributed by atoms with Gasteiger partial charge in [0, 0.05) is 12.6 Å². The van der Waals surface area contributed by atoms with Crippen LogP contribution in [0, 0.1) is 0 Å². The maximum Gasteiger partial charge on any atom is 0.334 e. The average molecular weight is 230 g/mol. The third kappa shape index (κ3) is 3.69. The van der Waals surface area contributed by atoms with Gasteiger partial charge < -0.3 is 20.4 Å². The molecule has 0 aliphatic heterocycles. The standard InChI is InChI=1S/C10H18N2O4/c1-2-5-12(7-3-4-7)10(16)11-6-8(13)9(14)15/h7-8,13H,2-6H2,1H3,(H,11,16)(H,14,15). The molecule has 6 nitrogen and oxygen atoms in total. The van der Waals surface area contributed by atoms with E-state index in [1.165, 1.54) is 0 Å². The maximum absolute atomic E-state index is 11.7. The summed E-state index contributed by atoms with van der Waals surface area (Å²) < 4.78 is 0. The van der Waals surface area contributed by atoms with Crippen molar-refractivity contribution < 1.29 is 19.8 Å². The molecule has 16 heavy (non-hydrogen) atoms. The van der Waals surface area contributed by atoms with Crippen molar-refractivity contribution in [3.63, 3.8) is 0 Å². The largest absolute Gasteiger partial charge is 0.479 e. The lowest BCUT2D eigenvalue weighted by Crippen LogP contribution is -2.45. The lowest BCUT2D eigenvalue weighted by molar-refractivity contribution is -0.146. The van der Waals surface area contributed by atoms with Crippen LogP contribution in [0.5, 0.6) is 0 Å². The van der Waals surface area contributed by atoms with Crippen molar-refractivity contribution in [1.29, 1.82) is 0 Å². The van der Waals surface area contributed by atoms with Crippen molar-refractivity contribution in [1.82, 2.24) is 10.2 Å². The number of carbonyl (C=O) groups excluding carboxylic acids is 1. The van der Waals surface area contributed by atoms with Crippen LogP contribution in [0.25, 0.3) is 0 Å². The van der Waals surface area contributed by atoms with E-state index in [1.807, 2.05) is 6.92 Å². The first-order valence-electron chi connectivity index (χ1n) is 5.51. The Bertz CT molecular complexity index is 266. The van der Waals surface area contributed by atoms with Gasteiger partial charge >= 0.3 is 12.0 Å². The minimum Gasteiger partial charge on any atom is -0.479 e. The Morgan fingerprint density at radius 2 is 2.12 bits per heavy atom. The van der Waals surface area contributed by atoms with E-state index in [-0.39, 0.29) is 12.6 Å². The fourth-order valence-corrected chi connectivity index (χ4v) is 1.45. The van der Waals surface area contributed by atoms with E-state index < -0.39 is 12.1 Å². The number of carbonyl (C=O) groups is 2. The van der Waals surface area contributed by atoms with Gasteiger partial charge in [-0.25, -0.2) is 9.59 Å². The van der Waals surface area contributed by atoms with Gasteiger partial charge in [0.2, 0.25) is 0 Å². The molecule has 3 N–H and O–H groups in total. The van der Waals surface area contributed by atoms with Crippen LogP contribution >= 0.6 is 0 Å². The van der Waals surface area contributed by atoms with E-state index in [4.69, 9.17) is 10.2 Å². The van der Waals surface area contributed by atoms with Gasteiger partial charge in [0.05, 0.1) is 6.54 Å². The number of carboxylic acid groups (broad SMARTS) is 1. The van der Waals surface area contributed by atoms with Crippen LogP contribution < -0.4 is 5.32 Å². The molecule has 0 radical (unpaired) electrons. The number of nitrogens with zero attached hydrogens (tertiary/aromatic N) is 1. The molecule has 0 aromatic carbocycles. The number of hydrogen-bond donors (Lipinski definition) is 3. The Morgan fingerprint density at radius 1 is 1.50 bits per heavy atom. The second-order valence-electron chi connectivity index (χ2n) is 3.96. The molecular weight excluding hydrogens is 212 g/mol. The molecule has 2 amide bonds. The number of aliphatic hydroxyl groups is 1. The molecule has 1 rings (SSSR count). The van der Waals surface area contributed by atoms with E-state index >= 15 is 0 Å². The average Bonchev–Trinajstić information content (AvgIpc) is 3.05. The number of hydrogen-bond acceptors (Lipinski definition) is 3. The van der Waals surface area contributed by atoms with E-state index in [1.54, 1.807) is 4.90 Å². The minimum absolute atomic E-state index is 0.249. The molecule has 1 unspecified atom stereocenters. The molecule has 1 aliphatic carbocycles. The van der Waals surface area contributed by atoms with E-state index in [9.17, 15) is 9.59 Å².